The number of anilines is 1. The van der Waals surface area contributed by atoms with E-state index in [4.69, 9.17) is 0 Å². The molecule has 0 spiro atoms. The summed E-state index contributed by atoms with van der Waals surface area (Å²) in [4.78, 5) is 13.4. The van der Waals surface area contributed by atoms with Crippen molar-refractivity contribution in [1.82, 2.24) is 0 Å². The van der Waals surface area contributed by atoms with Crippen LogP contribution in [0.1, 0.15) is 49.4 Å². The molecule has 1 atom stereocenters. The van der Waals surface area contributed by atoms with Crippen LogP contribution in [0.25, 0.3) is 16.3 Å². The van der Waals surface area contributed by atoms with E-state index >= 15 is 0 Å². The number of nitrogens with one attached hydrogen (secondary N) is 1. The van der Waals surface area contributed by atoms with E-state index in [1.165, 1.54) is 10.8 Å². The van der Waals surface area contributed by atoms with Gasteiger partial charge >= 0.3 is 0 Å². The summed E-state index contributed by atoms with van der Waals surface area (Å²) < 4.78 is 0. The number of Topliss-reactive ketones (excluding diaryl/α,β-unsaturated/α-hetero) is 1. The average molecular weight is 383 g/mol. The lowest BCUT2D eigenvalue weighted by Gasteiger charge is -2.40. The molecule has 0 saturated carbocycles. The summed E-state index contributed by atoms with van der Waals surface area (Å²) in [6.45, 7) is 6.23. The highest BCUT2D eigenvalue weighted by Gasteiger charge is 2.40. The smallest absolute Gasteiger partial charge is 0.162 e. The minimum atomic E-state index is -0.242. The lowest BCUT2D eigenvalue weighted by atomic mass is 9.68. The number of fused-ring (bicyclic) bond motifs is 4. The zero-order valence-corrected chi connectivity index (χ0v) is 17.0. The maximum atomic E-state index is 13.4. The van der Waals surface area contributed by atoms with Gasteiger partial charge in [0.05, 0.1) is 6.04 Å². The van der Waals surface area contributed by atoms with E-state index in [0.717, 1.165) is 39.9 Å². The summed E-state index contributed by atoms with van der Waals surface area (Å²) in [7, 11) is 0. The third kappa shape index (κ3) is 2.84. The van der Waals surface area contributed by atoms with E-state index < -0.39 is 0 Å². The fourth-order valence-corrected chi connectivity index (χ4v) is 4.89. The van der Waals surface area contributed by atoms with Gasteiger partial charge in [-0.3, -0.25) is 4.79 Å². The molecule has 1 aliphatic heterocycles. The largest absolute Gasteiger partial charge is 0.508 e. The topological polar surface area (TPSA) is 49.3 Å². The number of aryl methyl sites for hydroxylation is 1. The third-order valence-corrected chi connectivity index (χ3v) is 6.31. The predicted molar refractivity (Wildman–Crippen MR) is 118 cm³/mol. The Labute approximate surface area is 171 Å². The van der Waals surface area contributed by atoms with E-state index in [0.29, 0.717) is 6.42 Å². The first-order valence-electron chi connectivity index (χ1n) is 10.2. The van der Waals surface area contributed by atoms with Crippen molar-refractivity contribution >= 4 is 27.8 Å². The van der Waals surface area contributed by atoms with Crippen LogP contribution >= 0.6 is 0 Å². The number of allylic oxidation sites excluding steroid dienone is 1. The van der Waals surface area contributed by atoms with Crippen LogP contribution in [0.15, 0.2) is 60.2 Å². The van der Waals surface area contributed by atoms with Crippen LogP contribution in [0.2, 0.25) is 0 Å². The van der Waals surface area contributed by atoms with Crippen molar-refractivity contribution in [2.45, 2.75) is 39.7 Å². The standard InChI is InChI=1S/C26H25NO2/c1-15-8-9-17(12-21(15)28)25-24-19(13-26(2,3)14-22(24)29)23-18-7-5-4-6-16(18)10-11-20(23)27-25/h4-12,25,27-28H,13-14H2,1-3H3. The molecule has 29 heavy (non-hydrogen) atoms. The Hall–Kier alpha value is -3.07. The number of ketones is 1. The van der Waals surface area contributed by atoms with Crippen molar-refractivity contribution in [3.63, 3.8) is 0 Å². The van der Waals surface area contributed by atoms with Crippen molar-refractivity contribution in [2.75, 3.05) is 5.32 Å². The Morgan fingerprint density at radius 2 is 1.83 bits per heavy atom. The second-order valence-corrected chi connectivity index (χ2v) is 9.17. The first-order chi connectivity index (χ1) is 13.8. The normalized spacial score (nSPS) is 20.2. The molecule has 3 heteroatoms. The summed E-state index contributed by atoms with van der Waals surface area (Å²) >= 11 is 0. The Kier molecular flexibility index (Phi) is 3.86. The number of hydrogen-bond donors (Lipinski definition) is 2. The van der Waals surface area contributed by atoms with Crippen molar-refractivity contribution < 1.29 is 9.90 Å². The average Bonchev–Trinajstić information content (AvgIpc) is 2.68. The Bertz CT molecular complexity index is 1200. The molecule has 2 N–H and O–H groups in total. The predicted octanol–water partition coefficient (Wildman–Crippen LogP) is 6.16. The van der Waals surface area contributed by atoms with Crippen LogP contribution in [0.5, 0.6) is 5.75 Å². The van der Waals surface area contributed by atoms with Gasteiger partial charge < -0.3 is 10.4 Å². The second kappa shape index (κ2) is 6.21. The first kappa shape index (κ1) is 18.0. The molecule has 0 radical (unpaired) electrons. The van der Waals surface area contributed by atoms with Gasteiger partial charge in [0.2, 0.25) is 0 Å². The minimum Gasteiger partial charge on any atom is -0.508 e. The molecule has 1 heterocycles. The number of phenolic OH excluding ortho intramolecular Hbond substituents is 1. The van der Waals surface area contributed by atoms with Gasteiger partial charge in [0.25, 0.3) is 0 Å². The van der Waals surface area contributed by atoms with Crippen molar-refractivity contribution in [2.24, 2.45) is 5.41 Å². The SMILES string of the molecule is Cc1ccc(C2Nc3ccc4ccccc4c3C3=C2C(=O)CC(C)(C)C3)cc1O. The van der Waals surface area contributed by atoms with E-state index in [-0.39, 0.29) is 23.0 Å². The summed E-state index contributed by atoms with van der Waals surface area (Å²) in [6.07, 6.45) is 1.41. The highest BCUT2D eigenvalue weighted by atomic mass is 16.3. The Balaban J connectivity index is 1.80. The number of benzene rings is 3. The zero-order chi connectivity index (χ0) is 20.3. The molecule has 146 valence electrons. The van der Waals surface area contributed by atoms with E-state index in [1.54, 1.807) is 6.07 Å². The molecule has 1 aliphatic carbocycles. The fourth-order valence-electron chi connectivity index (χ4n) is 4.89. The lowest BCUT2D eigenvalue weighted by molar-refractivity contribution is -0.118. The molecule has 3 aromatic rings. The van der Waals surface area contributed by atoms with Gasteiger partial charge in [-0.05, 0) is 58.4 Å². The van der Waals surface area contributed by atoms with Gasteiger partial charge in [-0.15, -0.1) is 0 Å². The number of carbonyl (C=O) groups is 1. The Morgan fingerprint density at radius 3 is 2.62 bits per heavy atom. The first-order valence-corrected chi connectivity index (χ1v) is 10.2. The van der Waals surface area contributed by atoms with E-state index in [9.17, 15) is 9.90 Å². The molecule has 2 aliphatic rings. The van der Waals surface area contributed by atoms with Crippen LogP contribution < -0.4 is 5.32 Å². The van der Waals surface area contributed by atoms with Crippen molar-refractivity contribution in [1.29, 1.82) is 0 Å². The highest BCUT2D eigenvalue weighted by Crippen LogP contribution is 2.52. The monoisotopic (exact) mass is 383 g/mol. The number of rotatable bonds is 1. The van der Waals surface area contributed by atoms with Gasteiger partial charge in [0, 0.05) is 23.2 Å². The van der Waals surface area contributed by atoms with Crippen molar-refractivity contribution in [3.8, 4) is 5.75 Å². The van der Waals surface area contributed by atoms with Crippen LogP contribution in [0, 0.1) is 12.3 Å². The van der Waals surface area contributed by atoms with Gasteiger partial charge in [-0.2, -0.15) is 0 Å². The minimum absolute atomic E-state index is 0.0680. The quantitative estimate of drug-likeness (QED) is 0.529. The highest BCUT2D eigenvalue weighted by molar-refractivity contribution is 6.12. The number of phenols is 1. The molecule has 0 fully saturated rings. The lowest BCUT2D eigenvalue weighted by Crippen LogP contribution is -2.33. The van der Waals surface area contributed by atoms with Crippen LogP contribution in [-0.2, 0) is 4.79 Å². The maximum Gasteiger partial charge on any atom is 0.162 e. The number of aromatic hydroxyl groups is 1. The molecule has 0 saturated heterocycles. The van der Waals surface area contributed by atoms with Crippen molar-refractivity contribution in [3.05, 3.63) is 76.9 Å². The van der Waals surface area contributed by atoms with Gasteiger partial charge in [-0.25, -0.2) is 0 Å². The summed E-state index contributed by atoms with van der Waals surface area (Å²) in [6, 6.07) is 18.1. The molecule has 3 nitrogen and oxygen atoms in total. The second-order valence-electron chi connectivity index (χ2n) is 9.17. The Morgan fingerprint density at radius 1 is 1.03 bits per heavy atom. The van der Waals surface area contributed by atoms with E-state index in [2.05, 4.69) is 49.5 Å². The molecular formula is C26H25NO2. The summed E-state index contributed by atoms with van der Waals surface area (Å²) in [5.41, 5.74) is 5.92. The number of carbonyl (C=O) groups excluding carboxylic acids is 1. The van der Waals surface area contributed by atoms with Gasteiger partial charge in [-0.1, -0.05) is 56.3 Å². The molecule has 0 aromatic heterocycles. The van der Waals surface area contributed by atoms with Crippen LogP contribution in [0.4, 0.5) is 5.69 Å². The molecule has 3 aromatic carbocycles. The van der Waals surface area contributed by atoms with E-state index in [1.807, 2.05) is 25.1 Å². The molecule has 1 unspecified atom stereocenters. The van der Waals surface area contributed by atoms with Crippen LogP contribution in [-0.4, -0.2) is 10.9 Å². The molecule has 0 bridgehead atoms. The maximum absolute atomic E-state index is 13.4. The third-order valence-electron chi connectivity index (χ3n) is 6.31. The number of hydrogen-bond acceptors (Lipinski definition) is 3. The summed E-state index contributed by atoms with van der Waals surface area (Å²) in [5.74, 6) is 0.465. The fraction of sp³-hybridized carbons (Fsp3) is 0.269. The summed E-state index contributed by atoms with van der Waals surface area (Å²) in [5, 5.41) is 16.3. The molecule has 0 amide bonds. The molecule has 5 rings (SSSR count). The zero-order valence-electron chi connectivity index (χ0n) is 17.0. The van der Waals surface area contributed by atoms with Crippen LogP contribution in [0.3, 0.4) is 0 Å². The molecular weight excluding hydrogens is 358 g/mol. The van der Waals surface area contributed by atoms with Gasteiger partial charge in [0.1, 0.15) is 5.75 Å². The van der Waals surface area contributed by atoms with Gasteiger partial charge in [0.15, 0.2) is 5.78 Å².